The summed E-state index contributed by atoms with van der Waals surface area (Å²) in [6.45, 7) is 8.14. The zero-order valence-corrected chi connectivity index (χ0v) is 13.4. The number of ether oxygens (including phenoxy) is 1. The second kappa shape index (κ2) is 7.27. The minimum Gasteiger partial charge on any atom is -0.496 e. The Labute approximate surface area is 127 Å². The molecule has 0 amide bonds. The Morgan fingerprint density at radius 2 is 2.00 bits per heavy atom. The third-order valence-corrected chi connectivity index (χ3v) is 3.68. The Balaban J connectivity index is 2.50. The zero-order valence-electron chi connectivity index (χ0n) is 13.4. The number of hydrogen-bond acceptors (Lipinski definition) is 3. The van der Waals surface area contributed by atoms with Gasteiger partial charge in [0.2, 0.25) is 0 Å². The van der Waals surface area contributed by atoms with E-state index in [-0.39, 0.29) is 6.04 Å². The molecule has 21 heavy (non-hydrogen) atoms. The third kappa shape index (κ3) is 3.27. The van der Waals surface area contributed by atoms with Gasteiger partial charge in [0.15, 0.2) is 0 Å². The smallest absolute Gasteiger partial charge is 0.124 e. The number of methoxy groups -OCH3 is 1. The fourth-order valence-corrected chi connectivity index (χ4v) is 2.63. The van der Waals surface area contributed by atoms with E-state index in [9.17, 15) is 0 Å². The molecule has 1 unspecified atom stereocenters. The summed E-state index contributed by atoms with van der Waals surface area (Å²) in [6, 6.07) is 10.5. The van der Waals surface area contributed by atoms with Gasteiger partial charge in [0.1, 0.15) is 5.75 Å². The average molecular weight is 287 g/mol. The standard InChI is InChI=1S/C17H25N3O/c1-5-13-12-15(20(7-3)19-13)17(18-6-2)14-10-8-9-11-16(14)21-4/h8-12,17-18H,5-7H2,1-4H3. The molecule has 0 fully saturated rings. The van der Waals surface area contributed by atoms with Gasteiger partial charge in [-0.25, -0.2) is 0 Å². The fraction of sp³-hybridized carbons (Fsp3) is 0.471. The van der Waals surface area contributed by atoms with Crippen molar-refractivity contribution in [3.63, 3.8) is 0 Å². The van der Waals surface area contributed by atoms with Crippen LogP contribution in [0.1, 0.15) is 43.8 Å². The minimum atomic E-state index is 0.0962. The van der Waals surface area contributed by atoms with Gasteiger partial charge in [-0.1, -0.05) is 32.0 Å². The molecule has 0 saturated heterocycles. The quantitative estimate of drug-likeness (QED) is 0.850. The highest BCUT2D eigenvalue weighted by Crippen LogP contribution is 2.30. The first kappa shape index (κ1) is 15.6. The molecule has 0 spiro atoms. The van der Waals surface area contributed by atoms with Crippen LogP contribution in [-0.2, 0) is 13.0 Å². The lowest BCUT2D eigenvalue weighted by Gasteiger charge is -2.21. The van der Waals surface area contributed by atoms with E-state index in [1.807, 2.05) is 12.1 Å². The normalized spacial score (nSPS) is 12.4. The van der Waals surface area contributed by atoms with Crippen molar-refractivity contribution in [3.8, 4) is 5.75 Å². The van der Waals surface area contributed by atoms with Crippen LogP contribution in [0, 0.1) is 0 Å². The summed E-state index contributed by atoms with van der Waals surface area (Å²) in [7, 11) is 1.72. The van der Waals surface area contributed by atoms with Crippen LogP contribution in [0.2, 0.25) is 0 Å². The van der Waals surface area contributed by atoms with Crippen molar-refractivity contribution >= 4 is 0 Å². The van der Waals surface area contributed by atoms with Crippen LogP contribution in [0.25, 0.3) is 0 Å². The number of para-hydroxylation sites is 1. The second-order valence-corrected chi connectivity index (χ2v) is 4.96. The van der Waals surface area contributed by atoms with Gasteiger partial charge in [0.25, 0.3) is 0 Å². The Bertz CT molecular complexity index is 577. The highest BCUT2D eigenvalue weighted by atomic mass is 16.5. The molecular formula is C17H25N3O. The molecule has 0 aliphatic heterocycles. The molecule has 1 aromatic heterocycles. The van der Waals surface area contributed by atoms with Crippen LogP contribution in [0.15, 0.2) is 30.3 Å². The largest absolute Gasteiger partial charge is 0.496 e. The van der Waals surface area contributed by atoms with Gasteiger partial charge in [-0.2, -0.15) is 5.10 Å². The molecule has 0 radical (unpaired) electrons. The van der Waals surface area contributed by atoms with E-state index >= 15 is 0 Å². The summed E-state index contributed by atoms with van der Waals surface area (Å²) in [5.74, 6) is 0.908. The Hall–Kier alpha value is -1.81. The summed E-state index contributed by atoms with van der Waals surface area (Å²) in [6.07, 6.45) is 0.949. The number of aromatic nitrogens is 2. The van der Waals surface area contributed by atoms with Crippen molar-refractivity contribution < 1.29 is 4.74 Å². The van der Waals surface area contributed by atoms with E-state index in [0.29, 0.717) is 0 Å². The van der Waals surface area contributed by atoms with Crippen molar-refractivity contribution in [1.29, 1.82) is 0 Å². The molecule has 4 heteroatoms. The van der Waals surface area contributed by atoms with Crippen LogP contribution in [-0.4, -0.2) is 23.4 Å². The lowest BCUT2D eigenvalue weighted by molar-refractivity contribution is 0.402. The van der Waals surface area contributed by atoms with Gasteiger partial charge in [-0.15, -0.1) is 0 Å². The topological polar surface area (TPSA) is 39.1 Å². The summed E-state index contributed by atoms with van der Waals surface area (Å²) < 4.78 is 7.61. The van der Waals surface area contributed by atoms with E-state index < -0.39 is 0 Å². The average Bonchev–Trinajstić information content (AvgIpc) is 2.95. The van der Waals surface area contributed by atoms with E-state index in [0.717, 1.165) is 36.5 Å². The van der Waals surface area contributed by atoms with Crippen LogP contribution < -0.4 is 10.1 Å². The number of nitrogens with zero attached hydrogens (tertiary/aromatic N) is 2. The monoisotopic (exact) mass is 287 g/mol. The van der Waals surface area contributed by atoms with Gasteiger partial charge in [-0.3, -0.25) is 4.68 Å². The maximum Gasteiger partial charge on any atom is 0.124 e. The lowest BCUT2D eigenvalue weighted by Crippen LogP contribution is -2.25. The number of rotatable bonds is 7. The van der Waals surface area contributed by atoms with Crippen LogP contribution in [0.5, 0.6) is 5.75 Å². The fourth-order valence-electron chi connectivity index (χ4n) is 2.63. The van der Waals surface area contributed by atoms with Crippen molar-refractivity contribution in [3.05, 3.63) is 47.3 Å². The predicted molar refractivity (Wildman–Crippen MR) is 85.8 cm³/mol. The first-order chi connectivity index (χ1) is 10.2. The van der Waals surface area contributed by atoms with E-state index in [2.05, 4.69) is 54.1 Å². The van der Waals surface area contributed by atoms with E-state index in [4.69, 9.17) is 4.74 Å². The van der Waals surface area contributed by atoms with Gasteiger partial charge in [0, 0.05) is 12.1 Å². The molecule has 1 heterocycles. The highest BCUT2D eigenvalue weighted by Gasteiger charge is 2.21. The molecule has 0 saturated carbocycles. The molecule has 4 nitrogen and oxygen atoms in total. The molecule has 0 bridgehead atoms. The van der Waals surface area contributed by atoms with Crippen LogP contribution >= 0.6 is 0 Å². The molecule has 0 aliphatic rings. The molecule has 1 atom stereocenters. The number of nitrogens with one attached hydrogen (secondary N) is 1. The number of benzene rings is 1. The summed E-state index contributed by atoms with van der Waals surface area (Å²) in [4.78, 5) is 0. The van der Waals surface area contributed by atoms with Crippen molar-refractivity contribution in [1.82, 2.24) is 15.1 Å². The molecule has 1 aromatic carbocycles. The summed E-state index contributed by atoms with van der Waals surface area (Å²) in [5.41, 5.74) is 3.48. The van der Waals surface area contributed by atoms with Crippen molar-refractivity contribution in [2.45, 2.75) is 39.8 Å². The first-order valence-corrected chi connectivity index (χ1v) is 7.67. The minimum absolute atomic E-state index is 0.0962. The predicted octanol–water partition coefficient (Wildman–Crippen LogP) is 3.17. The van der Waals surface area contributed by atoms with E-state index in [1.165, 1.54) is 5.69 Å². The SMILES string of the molecule is CCNC(c1ccccc1OC)c1cc(CC)nn1CC. The Kier molecular flexibility index (Phi) is 5.39. The lowest BCUT2D eigenvalue weighted by atomic mass is 10.0. The van der Waals surface area contributed by atoms with Crippen molar-refractivity contribution in [2.24, 2.45) is 0 Å². The Morgan fingerprint density at radius 3 is 2.62 bits per heavy atom. The van der Waals surface area contributed by atoms with Gasteiger partial charge < -0.3 is 10.1 Å². The maximum absolute atomic E-state index is 5.53. The summed E-state index contributed by atoms with van der Waals surface area (Å²) >= 11 is 0. The zero-order chi connectivity index (χ0) is 15.2. The van der Waals surface area contributed by atoms with Crippen LogP contribution in [0.4, 0.5) is 0 Å². The molecular weight excluding hydrogens is 262 g/mol. The number of hydrogen-bond donors (Lipinski definition) is 1. The van der Waals surface area contributed by atoms with Crippen LogP contribution in [0.3, 0.4) is 0 Å². The van der Waals surface area contributed by atoms with Gasteiger partial charge >= 0.3 is 0 Å². The highest BCUT2D eigenvalue weighted by molar-refractivity contribution is 5.40. The molecule has 2 rings (SSSR count). The molecule has 114 valence electrons. The number of aryl methyl sites for hydroxylation is 2. The third-order valence-electron chi connectivity index (χ3n) is 3.68. The van der Waals surface area contributed by atoms with Gasteiger partial charge in [-0.05, 0) is 32.0 Å². The second-order valence-electron chi connectivity index (χ2n) is 4.96. The van der Waals surface area contributed by atoms with E-state index in [1.54, 1.807) is 7.11 Å². The molecule has 0 aliphatic carbocycles. The molecule has 2 aromatic rings. The summed E-state index contributed by atoms with van der Waals surface area (Å²) in [5, 5.41) is 8.23. The first-order valence-electron chi connectivity index (χ1n) is 7.67. The van der Waals surface area contributed by atoms with Gasteiger partial charge in [0.05, 0.1) is 24.5 Å². The Morgan fingerprint density at radius 1 is 1.24 bits per heavy atom. The van der Waals surface area contributed by atoms with Crippen molar-refractivity contribution in [2.75, 3.05) is 13.7 Å². The molecule has 1 N–H and O–H groups in total. The maximum atomic E-state index is 5.53.